The van der Waals surface area contributed by atoms with Crippen molar-refractivity contribution in [3.63, 3.8) is 0 Å². The number of halogens is 1. The van der Waals surface area contributed by atoms with E-state index in [1.165, 1.54) is 0 Å². The number of rotatable bonds is 1. The topological polar surface area (TPSA) is 29.3 Å². The van der Waals surface area contributed by atoms with Gasteiger partial charge in [0.15, 0.2) is 0 Å². The smallest absolute Gasteiger partial charge is 0.0935 e. The number of hydrogen-bond acceptors (Lipinski definition) is 2. The first-order valence-corrected chi connectivity index (χ1v) is 2.88. The van der Waals surface area contributed by atoms with Crippen LogP contribution in [0.3, 0.4) is 0 Å². The van der Waals surface area contributed by atoms with Crippen molar-refractivity contribution >= 4 is 0 Å². The molecule has 1 fully saturated rings. The van der Waals surface area contributed by atoms with Crippen LogP contribution in [-0.4, -0.2) is 24.8 Å². The first-order chi connectivity index (χ1) is 3.83. The van der Waals surface area contributed by atoms with E-state index >= 15 is 0 Å². The molecule has 1 rings (SSSR count). The summed E-state index contributed by atoms with van der Waals surface area (Å²) in [4.78, 5) is 0. The van der Waals surface area contributed by atoms with Gasteiger partial charge in [-0.25, -0.2) is 5.01 Å². The number of hydrazine groups is 1. The second-order valence-corrected chi connectivity index (χ2v) is 2.30. The largest absolute Gasteiger partial charge is 0.269 e. The molecule has 3 heteroatoms. The molecule has 0 bridgehead atoms. The molecule has 1 aliphatic rings. The van der Waals surface area contributed by atoms with Crippen molar-refractivity contribution in [2.45, 2.75) is 6.42 Å². The fraction of sp³-hybridized carbons (Fsp3) is 1.00. The minimum Gasteiger partial charge on any atom is -0.269 e. The molecular weight excluding hydrogens is 107 g/mol. The van der Waals surface area contributed by atoms with Crippen molar-refractivity contribution in [1.82, 2.24) is 5.01 Å². The van der Waals surface area contributed by atoms with Gasteiger partial charge < -0.3 is 0 Å². The fourth-order valence-electron chi connectivity index (χ4n) is 0.989. The predicted octanol–water partition coefficient (Wildman–Crippen LogP) is 0.151. The first-order valence-electron chi connectivity index (χ1n) is 2.88. The standard InChI is InChI=1S/C5H11FN2/c6-3-5-1-2-8(7)4-5/h5H,1-4,7H2/t5-/m1/s1. The zero-order valence-electron chi connectivity index (χ0n) is 4.81. The highest BCUT2D eigenvalue weighted by molar-refractivity contribution is 4.70. The van der Waals surface area contributed by atoms with Crippen LogP contribution in [0.25, 0.3) is 0 Å². The molecule has 0 saturated carbocycles. The first kappa shape index (κ1) is 5.98. The molecule has 0 radical (unpaired) electrons. The van der Waals surface area contributed by atoms with E-state index in [9.17, 15) is 4.39 Å². The van der Waals surface area contributed by atoms with E-state index in [-0.39, 0.29) is 12.6 Å². The lowest BCUT2D eigenvalue weighted by Crippen LogP contribution is -2.28. The van der Waals surface area contributed by atoms with E-state index in [1.54, 1.807) is 5.01 Å². The van der Waals surface area contributed by atoms with Crippen LogP contribution in [0.1, 0.15) is 6.42 Å². The van der Waals surface area contributed by atoms with Crippen molar-refractivity contribution in [3.8, 4) is 0 Å². The van der Waals surface area contributed by atoms with E-state index in [0.717, 1.165) is 19.5 Å². The molecule has 1 aliphatic heterocycles. The van der Waals surface area contributed by atoms with Crippen LogP contribution in [0.4, 0.5) is 4.39 Å². The Balaban J connectivity index is 2.22. The lowest BCUT2D eigenvalue weighted by Gasteiger charge is -2.04. The van der Waals surface area contributed by atoms with E-state index in [2.05, 4.69) is 0 Å². The summed E-state index contributed by atoms with van der Waals surface area (Å²) in [6.07, 6.45) is 0.924. The van der Waals surface area contributed by atoms with Gasteiger partial charge in [0.2, 0.25) is 0 Å². The highest BCUT2D eigenvalue weighted by atomic mass is 19.1. The normalized spacial score (nSPS) is 31.5. The number of nitrogens with two attached hydrogens (primary N) is 1. The minimum absolute atomic E-state index is 0.208. The molecule has 0 aromatic heterocycles. The van der Waals surface area contributed by atoms with Crippen LogP contribution in [0.2, 0.25) is 0 Å². The summed E-state index contributed by atoms with van der Waals surface area (Å²) < 4.78 is 11.8. The monoisotopic (exact) mass is 118 g/mol. The number of nitrogens with zero attached hydrogens (tertiary/aromatic N) is 1. The summed E-state index contributed by atoms with van der Waals surface area (Å²) in [5, 5.41) is 1.67. The molecule has 1 heterocycles. The van der Waals surface area contributed by atoms with Crippen LogP contribution in [-0.2, 0) is 0 Å². The third-order valence-electron chi connectivity index (χ3n) is 1.54. The summed E-state index contributed by atoms with van der Waals surface area (Å²) in [5.41, 5.74) is 0. The van der Waals surface area contributed by atoms with Crippen molar-refractivity contribution < 1.29 is 4.39 Å². The molecule has 0 aliphatic carbocycles. The van der Waals surface area contributed by atoms with Gasteiger partial charge >= 0.3 is 0 Å². The maximum Gasteiger partial charge on any atom is 0.0935 e. The average Bonchev–Trinajstić information content (AvgIpc) is 2.14. The summed E-state index contributed by atoms with van der Waals surface area (Å²) >= 11 is 0. The summed E-state index contributed by atoms with van der Waals surface area (Å²) in [6, 6.07) is 0. The molecule has 0 spiro atoms. The Hall–Kier alpha value is -0.150. The van der Waals surface area contributed by atoms with E-state index in [4.69, 9.17) is 5.84 Å². The Labute approximate surface area is 48.4 Å². The van der Waals surface area contributed by atoms with Crippen molar-refractivity contribution in [1.29, 1.82) is 0 Å². The van der Waals surface area contributed by atoms with Crippen molar-refractivity contribution in [2.75, 3.05) is 19.8 Å². The molecular formula is C5H11FN2. The van der Waals surface area contributed by atoms with Gasteiger partial charge in [-0.3, -0.25) is 10.2 Å². The minimum atomic E-state index is -0.215. The Bertz CT molecular complexity index is 76.8. The molecule has 2 N–H and O–H groups in total. The Kier molecular flexibility index (Phi) is 1.81. The quantitative estimate of drug-likeness (QED) is 0.497. The predicted molar refractivity (Wildman–Crippen MR) is 29.8 cm³/mol. The van der Waals surface area contributed by atoms with E-state index < -0.39 is 0 Å². The Morgan fingerprint density at radius 2 is 2.50 bits per heavy atom. The van der Waals surface area contributed by atoms with Crippen molar-refractivity contribution in [3.05, 3.63) is 0 Å². The lowest BCUT2D eigenvalue weighted by molar-refractivity contribution is 0.311. The zero-order valence-corrected chi connectivity index (χ0v) is 4.81. The van der Waals surface area contributed by atoms with Gasteiger partial charge in [-0.15, -0.1) is 0 Å². The van der Waals surface area contributed by atoms with Crippen LogP contribution in [0.5, 0.6) is 0 Å². The van der Waals surface area contributed by atoms with Crippen LogP contribution >= 0.6 is 0 Å². The second-order valence-electron chi connectivity index (χ2n) is 2.30. The van der Waals surface area contributed by atoms with E-state index in [1.807, 2.05) is 0 Å². The van der Waals surface area contributed by atoms with Gasteiger partial charge in [-0.1, -0.05) is 0 Å². The molecule has 8 heavy (non-hydrogen) atoms. The highest BCUT2D eigenvalue weighted by Gasteiger charge is 2.18. The van der Waals surface area contributed by atoms with Crippen molar-refractivity contribution in [2.24, 2.45) is 11.8 Å². The Morgan fingerprint density at radius 1 is 1.75 bits per heavy atom. The number of hydrogen-bond donors (Lipinski definition) is 1. The molecule has 0 amide bonds. The van der Waals surface area contributed by atoms with E-state index in [0.29, 0.717) is 0 Å². The van der Waals surface area contributed by atoms with Crippen LogP contribution in [0.15, 0.2) is 0 Å². The molecule has 0 aromatic carbocycles. The maximum atomic E-state index is 11.8. The van der Waals surface area contributed by atoms with Gasteiger partial charge in [0.25, 0.3) is 0 Å². The highest BCUT2D eigenvalue weighted by Crippen LogP contribution is 2.12. The Morgan fingerprint density at radius 3 is 2.75 bits per heavy atom. The van der Waals surface area contributed by atoms with Gasteiger partial charge in [0.05, 0.1) is 6.67 Å². The molecule has 48 valence electrons. The van der Waals surface area contributed by atoms with Gasteiger partial charge in [-0.2, -0.15) is 0 Å². The summed E-state index contributed by atoms with van der Waals surface area (Å²) in [6.45, 7) is 1.37. The maximum absolute atomic E-state index is 11.8. The fourth-order valence-corrected chi connectivity index (χ4v) is 0.989. The summed E-state index contributed by atoms with van der Waals surface area (Å²) in [5.74, 6) is 5.58. The third kappa shape index (κ3) is 1.17. The molecule has 2 nitrogen and oxygen atoms in total. The average molecular weight is 118 g/mol. The molecule has 0 aromatic rings. The van der Waals surface area contributed by atoms with Gasteiger partial charge in [0, 0.05) is 19.0 Å². The SMILES string of the molecule is NN1CC[C@H](CF)C1. The van der Waals surface area contributed by atoms with Gasteiger partial charge in [-0.05, 0) is 6.42 Å². The lowest BCUT2D eigenvalue weighted by atomic mass is 10.1. The molecule has 1 saturated heterocycles. The number of alkyl halides is 1. The summed E-state index contributed by atoms with van der Waals surface area (Å²) in [7, 11) is 0. The zero-order chi connectivity index (χ0) is 5.98. The van der Waals surface area contributed by atoms with Crippen LogP contribution in [0, 0.1) is 5.92 Å². The van der Waals surface area contributed by atoms with Gasteiger partial charge in [0.1, 0.15) is 0 Å². The second kappa shape index (κ2) is 2.42. The molecule has 1 atom stereocenters. The van der Waals surface area contributed by atoms with Crippen LogP contribution < -0.4 is 5.84 Å². The molecule has 0 unspecified atom stereocenters. The third-order valence-corrected chi connectivity index (χ3v) is 1.54.